The van der Waals surface area contributed by atoms with Gasteiger partial charge in [-0.3, -0.25) is 20.4 Å². The molecule has 0 saturated carbocycles. The second kappa shape index (κ2) is 8.19. The molecule has 0 saturated heterocycles. The van der Waals surface area contributed by atoms with E-state index < -0.39 is 11.8 Å². The van der Waals surface area contributed by atoms with Crippen LogP contribution in [0.5, 0.6) is 0 Å². The zero-order chi connectivity index (χ0) is 22.1. The van der Waals surface area contributed by atoms with Gasteiger partial charge >= 0.3 is 5.91 Å². The number of hydrazine groups is 1. The van der Waals surface area contributed by atoms with Gasteiger partial charge in [0, 0.05) is 28.1 Å². The number of amides is 2. The second-order valence-corrected chi connectivity index (χ2v) is 8.30. The molecular formula is C20H23ClN6O3. The standard InChI is InChI=1S/C20H23ClN6O3/c1-10-15-13(24-27-19(22)23)8-20(2,3)9-14(15)30-16(10)18(29)26-25-17(28)11-4-6-12(21)7-5-11/h4-7H,8-9H2,1-3H3,(H,25,28)(H,26,29)(H4,22,23,27)/b24-13-. The number of guanidine groups is 1. The second-order valence-electron chi connectivity index (χ2n) is 7.86. The van der Waals surface area contributed by atoms with Gasteiger partial charge in [-0.15, -0.1) is 5.10 Å². The van der Waals surface area contributed by atoms with Crippen molar-refractivity contribution in [2.75, 3.05) is 0 Å². The van der Waals surface area contributed by atoms with Crippen LogP contribution in [0.3, 0.4) is 0 Å². The van der Waals surface area contributed by atoms with Crippen LogP contribution in [-0.2, 0) is 6.42 Å². The number of rotatable bonds is 3. The third-order valence-corrected chi connectivity index (χ3v) is 4.93. The summed E-state index contributed by atoms with van der Waals surface area (Å²) >= 11 is 5.82. The van der Waals surface area contributed by atoms with Crippen LogP contribution in [0.2, 0.25) is 5.02 Å². The molecular weight excluding hydrogens is 408 g/mol. The molecule has 2 aromatic rings. The number of nitrogens with two attached hydrogens (primary N) is 2. The molecule has 1 aromatic carbocycles. The highest BCUT2D eigenvalue weighted by atomic mass is 35.5. The van der Waals surface area contributed by atoms with Crippen molar-refractivity contribution in [3.63, 3.8) is 0 Å². The average molecular weight is 431 g/mol. The molecule has 1 aliphatic carbocycles. The van der Waals surface area contributed by atoms with Gasteiger partial charge in [-0.25, -0.2) is 0 Å². The molecule has 1 aliphatic rings. The fourth-order valence-electron chi connectivity index (χ4n) is 3.38. The summed E-state index contributed by atoms with van der Waals surface area (Å²) in [5.41, 5.74) is 17.7. The first-order chi connectivity index (χ1) is 14.1. The van der Waals surface area contributed by atoms with Crippen LogP contribution in [0, 0.1) is 12.3 Å². The van der Waals surface area contributed by atoms with Crippen LogP contribution in [0.4, 0.5) is 0 Å². The molecule has 10 heteroatoms. The maximum atomic E-state index is 12.7. The molecule has 1 aromatic heterocycles. The van der Waals surface area contributed by atoms with Gasteiger partial charge in [-0.1, -0.05) is 25.4 Å². The number of furan rings is 1. The van der Waals surface area contributed by atoms with E-state index in [2.05, 4.69) is 34.9 Å². The number of hydrogen-bond donors (Lipinski definition) is 4. The maximum absolute atomic E-state index is 12.7. The highest BCUT2D eigenvalue weighted by molar-refractivity contribution is 6.30. The number of nitrogens with zero attached hydrogens (tertiary/aromatic N) is 2. The molecule has 3 rings (SSSR count). The highest BCUT2D eigenvalue weighted by Gasteiger charge is 2.36. The predicted octanol–water partition coefficient (Wildman–Crippen LogP) is 2.27. The molecule has 6 N–H and O–H groups in total. The van der Waals surface area contributed by atoms with Crippen molar-refractivity contribution in [3.8, 4) is 0 Å². The minimum atomic E-state index is -0.580. The van der Waals surface area contributed by atoms with E-state index in [0.717, 1.165) is 0 Å². The molecule has 0 spiro atoms. The van der Waals surface area contributed by atoms with E-state index in [1.165, 1.54) is 0 Å². The number of carbonyl (C=O) groups excluding carboxylic acids is 2. The first-order valence-electron chi connectivity index (χ1n) is 9.22. The fourth-order valence-corrected chi connectivity index (χ4v) is 3.50. The summed E-state index contributed by atoms with van der Waals surface area (Å²) < 4.78 is 5.85. The Morgan fingerprint density at radius 3 is 2.37 bits per heavy atom. The molecule has 0 aliphatic heterocycles. The Morgan fingerprint density at radius 2 is 1.73 bits per heavy atom. The lowest BCUT2D eigenvalue weighted by Crippen LogP contribution is -2.41. The molecule has 0 bridgehead atoms. The van der Waals surface area contributed by atoms with Gasteiger partial charge in [0.05, 0.1) is 5.71 Å². The number of carbonyl (C=O) groups is 2. The lowest BCUT2D eigenvalue weighted by atomic mass is 9.75. The lowest BCUT2D eigenvalue weighted by Gasteiger charge is -2.29. The van der Waals surface area contributed by atoms with E-state index in [1.807, 2.05) is 0 Å². The molecule has 1 heterocycles. The fraction of sp³-hybridized carbons (Fsp3) is 0.300. The van der Waals surface area contributed by atoms with E-state index in [0.29, 0.717) is 46.0 Å². The van der Waals surface area contributed by atoms with E-state index in [9.17, 15) is 9.59 Å². The van der Waals surface area contributed by atoms with Gasteiger partial charge < -0.3 is 15.9 Å². The van der Waals surface area contributed by atoms with Crippen molar-refractivity contribution in [2.24, 2.45) is 27.1 Å². The van der Waals surface area contributed by atoms with E-state index >= 15 is 0 Å². The molecule has 2 amide bonds. The van der Waals surface area contributed by atoms with E-state index in [4.69, 9.17) is 27.5 Å². The van der Waals surface area contributed by atoms with Gasteiger partial charge in [-0.05, 0) is 43.0 Å². The normalized spacial score (nSPS) is 15.9. The largest absolute Gasteiger partial charge is 0.455 e. The smallest absolute Gasteiger partial charge is 0.305 e. The summed E-state index contributed by atoms with van der Waals surface area (Å²) in [6.07, 6.45) is 1.24. The minimum absolute atomic E-state index is 0.0894. The first-order valence-corrected chi connectivity index (χ1v) is 9.59. The number of hydrogen-bond acceptors (Lipinski definition) is 5. The molecule has 0 atom stereocenters. The minimum Gasteiger partial charge on any atom is -0.455 e. The topological polar surface area (TPSA) is 148 Å². The van der Waals surface area contributed by atoms with Crippen LogP contribution < -0.4 is 22.3 Å². The molecule has 9 nitrogen and oxygen atoms in total. The Kier molecular flexibility index (Phi) is 5.84. The van der Waals surface area contributed by atoms with Crippen molar-refractivity contribution >= 4 is 35.1 Å². The summed E-state index contributed by atoms with van der Waals surface area (Å²) in [7, 11) is 0. The van der Waals surface area contributed by atoms with Crippen LogP contribution >= 0.6 is 11.6 Å². The summed E-state index contributed by atoms with van der Waals surface area (Å²) in [4.78, 5) is 24.9. The SMILES string of the molecule is Cc1c(C(=O)NNC(=O)c2ccc(Cl)cc2)oc2c1/C(=N\N=C(N)N)CC(C)(C)C2. The monoisotopic (exact) mass is 430 g/mol. The molecule has 0 radical (unpaired) electrons. The van der Waals surface area contributed by atoms with E-state index in [-0.39, 0.29) is 17.1 Å². The van der Waals surface area contributed by atoms with Crippen LogP contribution in [0.1, 0.15) is 58.1 Å². The van der Waals surface area contributed by atoms with Gasteiger partial charge in [0.15, 0.2) is 5.76 Å². The molecule has 0 unspecified atom stereocenters. The Morgan fingerprint density at radius 1 is 1.10 bits per heavy atom. The van der Waals surface area contributed by atoms with Gasteiger partial charge in [0.2, 0.25) is 5.96 Å². The number of nitrogens with one attached hydrogen (secondary N) is 2. The average Bonchev–Trinajstić information content (AvgIpc) is 2.99. The van der Waals surface area contributed by atoms with Crippen molar-refractivity contribution in [1.29, 1.82) is 0 Å². The quantitative estimate of drug-likeness (QED) is 0.335. The third-order valence-electron chi connectivity index (χ3n) is 4.68. The molecule has 30 heavy (non-hydrogen) atoms. The lowest BCUT2D eigenvalue weighted by molar-refractivity contribution is 0.0828. The Hall–Kier alpha value is -3.33. The highest BCUT2D eigenvalue weighted by Crippen LogP contribution is 2.38. The summed E-state index contributed by atoms with van der Waals surface area (Å²) in [6.45, 7) is 5.87. The first kappa shape index (κ1) is 21.4. The van der Waals surface area contributed by atoms with Gasteiger partial charge in [-0.2, -0.15) is 5.10 Å². The molecule has 158 valence electrons. The van der Waals surface area contributed by atoms with Crippen molar-refractivity contribution in [3.05, 3.63) is 57.5 Å². The predicted molar refractivity (Wildman–Crippen MR) is 114 cm³/mol. The molecule has 0 fully saturated rings. The zero-order valence-electron chi connectivity index (χ0n) is 16.9. The van der Waals surface area contributed by atoms with Gasteiger partial charge in [0.25, 0.3) is 5.91 Å². The van der Waals surface area contributed by atoms with Crippen molar-refractivity contribution < 1.29 is 14.0 Å². The van der Waals surface area contributed by atoms with Crippen LogP contribution in [-0.4, -0.2) is 23.5 Å². The summed E-state index contributed by atoms with van der Waals surface area (Å²) in [5, 5.41) is 8.42. The van der Waals surface area contributed by atoms with Crippen LogP contribution in [0.15, 0.2) is 38.9 Å². The summed E-state index contributed by atoms with van der Waals surface area (Å²) in [6, 6.07) is 6.27. The van der Waals surface area contributed by atoms with Gasteiger partial charge in [0.1, 0.15) is 5.76 Å². The third kappa shape index (κ3) is 4.62. The van der Waals surface area contributed by atoms with Crippen molar-refractivity contribution in [2.45, 2.75) is 33.6 Å². The van der Waals surface area contributed by atoms with Crippen LogP contribution in [0.25, 0.3) is 0 Å². The maximum Gasteiger partial charge on any atom is 0.305 e. The Labute approximate surface area is 178 Å². The summed E-state index contributed by atoms with van der Waals surface area (Å²) in [5.74, 6) is -0.501. The number of halogens is 1. The number of fused-ring (bicyclic) bond motifs is 1. The number of benzene rings is 1. The Balaban J connectivity index is 1.83. The zero-order valence-corrected chi connectivity index (χ0v) is 17.6. The van der Waals surface area contributed by atoms with E-state index in [1.54, 1.807) is 31.2 Å². The van der Waals surface area contributed by atoms with Crippen molar-refractivity contribution in [1.82, 2.24) is 10.9 Å². The Bertz CT molecular complexity index is 1050.